The standard InChI is InChI=1S/C8H13F3N2O2/c9-8(10,11)3-7(14)13-1-2-15-5-6(13)4-12/h6H,1-5,12H2. The molecule has 0 bridgehead atoms. The topological polar surface area (TPSA) is 55.6 Å². The summed E-state index contributed by atoms with van der Waals surface area (Å²) >= 11 is 0. The summed E-state index contributed by atoms with van der Waals surface area (Å²) in [5.74, 6) is -0.929. The largest absolute Gasteiger partial charge is 0.397 e. The van der Waals surface area contributed by atoms with E-state index in [0.29, 0.717) is 0 Å². The predicted octanol–water partition coefficient (Wildman–Crippen LogP) is 0.125. The number of carbonyl (C=O) groups excluding carboxylic acids is 1. The van der Waals surface area contributed by atoms with E-state index in [-0.39, 0.29) is 26.3 Å². The lowest BCUT2D eigenvalue weighted by Gasteiger charge is -2.35. The monoisotopic (exact) mass is 226 g/mol. The molecule has 15 heavy (non-hydrogen) atoms. The van der Waals surface area contributed by atoms with Gasteiger partial charge in [0.25, 0.3) is 0 Å². The maximum Gasteiger partial charge on any atom is 0.397 e. The van der Waals surface area contributed by atoms with Gasteiger partial charge in [-0.25, -0.2) is 0 Å². The number of nitrogens with two attached hydrogens (primary N) is 1. The van der Waals surface area contributed by atoms with Gasteiger partial charge in [-0.1, -0.05) is 0 Å². The Morgan fingerprint density at radius 1 is 1.53 bits per heavy atom. The van der Waals surface area contributed by atoms with Crippen molar-refractivity contribution < 1.29 is 22.7 Å². The second kappa shape index (κ2) is 4.80. The molecule has 0 aromatic heterocycles. The van der Waals surface area contributed by atoms with Gasteiger partial charge in [0.2, 0.25) is 5.91 Å². The van der Waals surface area contributed by atoms with E-state index in [9.17, 15) is 18.0 Å². The Bertz CT molecular complexity index is 232. The zero-order valence-corrected chi connectivity index (χ0v) is 8.09. The average molecular weight is 226 g/mol. The van der Waals surface area contributed by atoms with Gasteiger partial charge in [-0.05, 0) is 0 Å². The smallest absolute Gasteiger partial charge is 0.377 e. The van der Waals surface area contributed by atoms with Crippen LogP contribution in [-0.2, 0) is 9.53 Å². The molecule has 2 N–H and O–H groups in total. The van der Waals surface area contributed by atoms with E-state index >= 15 is 0 Å². The molecule has 1 heterocycles. The number of alkyl halides is 3. The van der Waals surface area contributed by atoms with Crippen LogP contribution in [0.5, 0.6) is 0 Å². The van der Waals surface area contributed by atoms with Gasteiger partial charge in [-0.3, -0.25) is 4.79 Å². The van der Waals surface area contributed by atoms with Gasteiger partial charge in [0.15, 0.2) is 0 Å². The molecule has 0 aromatic carbocycles. The van der Waals surface area contributed by atoms with Crippen LogP contribution in [0.4, 0.5) is 13.2 Å². The van der Waals surface area contributed by atoms with Crippen LogP contribution in [0, 0.1) is 0 Å². The molecule has 88 valence electrons. The molecule has 0 spiro atoms. The summed E-state index contributed by atoms with van der Waals surface area (Å²) in [6, 6.07) is -0.436. The first-order valence-corrected chi connectivity index (χ1v) is 4.58. The number of nitrogens with zero attached hydrogens (tertiary/aromatic N) is 1. The Balaban J connectivity index is 2.56. The molecule has 1 amide bonds. The van der Waals surface area contributed by atoms with Gasteiger partial charge in [-0.15, -0.1) is 0 Å². The fourth-order valence-corrected chi connectivity index (χ4v) is 1.45. The van der Waals surface area contributed by atoms with Crippen molar-refractivity contribution >= 4 is 5.91 Å². The van der Waals surface area contributed by atoms with Crippen LogP contribution in [0.1, 0.15) is 6.42 Å². The van der Waals surface area contributed by atoms with Crippen LogP contribution in [0.15, 0.2) is 0 Å². The van der Waals surface area contributed by atoms with Crippen LogP contribution < -0.4 is 5.73 Å². The molecule has 1 aliphatic rings. The van der Waals surface area contributed by atoms with Gasteiger partial charge in [-0.2, -0.15) is 13.2 Å². The fourth-order valence-electron chi connectivity index (χ4n) is 1.45. The van der Waals surface area contributed by atoms with Crippen molar-refractivity contribution in [1.82, 2.24) is 4.90 Å². The van der Waals surface area contributed by atoms with Crippen LogP contribution in [0.25, 0.3) is 0 Å². The van der Waals surface area contributed by atoms with Gasteiger partial charge in [0.1, 0.15) is 6.42 Å². The normalized spacial score (nSPS) is 22.9. The first-order valence-electron chi connectivity index (χ1n) is 4.58. The van der Waals surface area contributed by atoms with E-state index in [1.807, 2.05) is 0 Å². The molecule has 7 heteroatoms. The van der Waals surface area contributed by atoms with Gasteiger partial charge in [0, 0.05) is 13.1 Å². The number of rotatable bonds is 2. The number of hydrogen-bond acceptors (Lipinski definition) is 3. The molecule has 1 aliphatic heterocycles. The lowest BCUT2D eigenvalue weighted by molar-refractivity contribution is -0.166. The number of hydrogen-bond donors (Lipinski definition) is 1. The Labute approximate surface area is 85.2 Å². The zero-order chi connectivity index (χ0) is 11.5. The predicted molar refractivity (Wildman–Crippen MR) is 46.0 cm³/mol. The maximum absolute atomic E-state index is 12.0. The van der Waals surface area contributed by atoms with Crippen LogP contribution in [0.2, 0.25) is 0 Å². The number of amides is 1. The van der Waals surface area contributed by atoms with Crippen LogP contribution in [-0.4, -0.2) is 49.3 Å². The van der Waals surface area contributed by atoms with Gasteiger partial charge < -0.3 is 15.4 Å². The minimum atomic E-state index is -4.46. The number of carbonyl (C=O) groups is 1. The lowest BCUT2D eigenvalue weighted by atomic mass is 10.2. The highest BCUT2D eigenvalue weighted by Gasteiger charge is 2.36. The van der Waals surface area contributed by atoms with E-state index in [0.717, 1.165) is 4.90 Å². The summed E-state index contributed by atoms with van der Waals surface area (Å²) < 4.78 is 41.0. The van der Waals surface area contributed by atoms with E-state index in [1.54, 1.807) is 0 Å². The molecule has 0 saturated carbocycles. The van der Waals surface area contributed by atoms with E-state index in [1.165, 1.54) is 0 Å². The van der Waals surface area contributed by atoms with Crippen molar-refractivity contribution in [3.8, 4) is 0 Å². The molecule has 1 atom stereocenters. The molecule has 1 rings (SSSR count). The van der Waals surface area contributed by atoms with Crippen molar-refractivity contribution in [3.63, 3.8) is 0 Å². The summed E-state index contributed by atoms with van der Waals surface area (Å²) in [5.41, 5.74) is 5.34. The molecule has 4 nitrogen and oxygen atoms in total. The summed E-state index contributed by atoms with van der Waals surface area (Å²) in [4.78, 5) is 12.4. The SMILES string of the molecule is NCC1COCCN1C(=O)CC(F)(F)F. The minimum Gasteiger partial charge on any atom is -0.377 e. The van der Waals surface area contributed by atoms with E-state index in [2.05, 4.69) is 0 Å². The molecule has 1 saturated heterocycles. The molecule has 0 aliphatic carbocycles. The average Bonchev–Trinajstić information content (AvgIpc) is 2.15. The van der Waals surface area contributed by atoms with E-state index < -0.39 is 24.5 Å². The summed E-state index contributed by atoms with van der Waals surface area (Å²) in [6.07, 6.45) is -5.89. The van der Waals surface area contributed by atoms with Crippen LogP contribution in [0.3, 0.4) is 0 Å². The fraction of sp³-hybridized carbons (Fsp3) is 0.875. The molecular formula is C8H13F3N2O2. The third-order valence-electron chi connectivity index (χ3n) is 2.17. The highest BCUT2D eigenvalue weighted by Crippen LogP contribution is 2.21. The zero-order valence-electron chi connectivity index (χ0n) is 8.09. The molecule has 1 unspecified atom stereocenters. The molecule has 0 radical (unpaired) electrons. The molecule has 1 fully saturated rings. The number of halogens is 3. The van der Waals surface area contributed by atoms with Crippen molar-refractivity contribution in [3.05, 3.63) is 0 Å². The maximum atomic E-state index is 12.0. The number of morpholine rings is 1. The van der Waals surface area contributed by atoms with Gasteiger partial charge in [0.05, 0.1) is 19.3 Å². The summed E-state index contributed by atoms with van der Waals surface area (Å²) in [7, 11) is 0. The van der Waals surface area contributed by atoms with Crippen LogP contribution >= 0.6 is 0 Å². The van der Waals surface area contributed by atoms with E-state index in [4.69, 9.17) is 10.5 Å². The summed E-state index contributed by atoms with van der Waals surface area (Å²) in [6.45, 7) is 0.764. The third-order valence-corrected chi connectivity index (χ3v) is 2.17. The first kappa shape index (κ1) is 12.3. The van der Waals surface area contributed by atoms with Crippen molar-refractivity contribution in [1.29, 1.82) is 0 Å². The Hall–Kier alpha value is -0.820. The van der Waals surface area contributed by atoms with Crippen molar-refractivity contribution in [2.75, 3.05) is 26.3 Å². The number of ether oxygens (including phenoxy) is 1. The second-order valence-electron chi connectivity index (χ2n) is 3.34. The quantitative estimate of drug-likeness (QED) is 0.727. The minimum absolute atomic E-state index is 0.115. The lowest BCUT2D eigenvalue weighted by Crippen LogP contribution is -2.52. The first-order chi connectivity index (χ1) is 6.94. The Kier molecular flexibility index (Phi) is 3.92. The Morgan fingerprint density at radius 3 is 2.73 bits per heavy atom. The highest BCUT2D eigenvalue weighted by molar-refractivity contribution is 5.77. The summed E-state index contributed by atoms with van der Waals surface area (Å²) in [5, 5.41) is 0. The highest BCUT2D eigenvalue weighted by atomic mass is 19.4. The molecular weight excluding hydrogens is 213 g/mol. The Morgan fingerprint density at radius 2 is 2.20 bits per heavy atom. The van der Waals surface area contributed by atoms with Gasteiger partial charge >= 0.3 is 6.18 Å². The third kappa shape index (κ3) is 3.67. The van der Waals surface area contributed by atoms with Crippen molar-refractivity contribution in [2.45, 2.75) is 18.6 Å². The second-order valence-corrected chi connectivity index (χ2v) is 3.34. The van der Waals surface area contributed by atoms with Crippen molar-refractivity contribution in [2.24, 2.45) is 5.73 Å². The molecule has 0 aromatic rings.